The number of rotatable bonds is 15. The quantitative estimate of drug-likeness (QED) is 0.260. The normalized spacial score (nSPS) is 16.1. The minimum absolute atomic E-state index is 0. The first-order valence-corrected chi connectivity index (χ1v) is 10.9. The largest absolute Gasteiger partial charge is 0.493 e. The molecule has 0 aliphatic heterocycles. The van der Waals surface area contributed by atoms with Gasteiger partial charge in [-0.25, -0.2) is 0 Å². The average Bonchev–Trinajstić information content (AvgIpc) is 3.52. The van der Waals surface area contributed by atoms with Crippen LogP contribution < -0.4 is 20.5 Å². The summed E-state index contributed by atoms with van der Waals surface area (Å²) in [5.74, 6) is 2.51. The summed E-state index contributed by atoms with van der Waals surface area (Å²) in [7, 11) is 3.35. The van der Waals surface area contributed by atoms with Gasteiger partial charge in [0.15, 0.2) is 11.5 Å². The molecule has 6 nitrogen and oxygen atoms in total. The molecule has 0 saturated heterocycles. The fourth-order valence-electron chi connectivity index (χ4n) is 3.52. The summed E-state index contributed by atoms with van der Waals surface area (Å²) in [6.45, 7) is 5.76. The number of halogens is 2. The third-order valence-electron chi connectivity index (χ3n) is 5.67. The Morgan fingerprint density at radius 3 is 2.39 bits per heavy atom. The van der Waals surface area contributed by atoms with Crippen LogP contribution in [0.15, 0.2) is 18.2 Å². The lowest BCUT2D eigenvalue weighted by Gasteiger charge is -2.25. The van der Waals surface area contributed by atoms with Crippen LogP contribution in [0, 0.1) is 11.8 Å². The Bertz CT molecular complexity index is 603. The van der Waals surface area contributed by atoms with E-state index in [0.29, 0.717) is 37.5 Å². The molecule has 1 aliphatic rings. The van der Waals surface area contributed by atoms with Crippen LogP contribution >= 0.6 is 24.8 Å². The predicted molar refractivity (Wildman–Crippen MR) is 131 cm³/mol. The monoisotopic (exact) mass is 480 g/mol. The Morgan fingerprint density at radius 2 is 1.81 bits per heavy atom. The molecule has 0 spiro atoms. The maximum atomic E-state index is 10.4. The van der Waals surface area contributed by atoms with E-state index in [-0.39, 0.29) is 31.0 Å². The molecule has 8 heteroatoms. The number of hydrogen-bond acceptors (Lipinski definition) is 6. The van der Waals surface area contributed by atoms with Crippen LogP contribution in [0.4, 0.5) is 0 Å². The highest BCUT2D eigenvalue weighted by molar-refractivity contribution is 5.85. The summed E-state index contributed by atoms with van der Waals surface area (Å²) in [6, 6.07) is 6.66. The number of hydrogen-bond donors (Lipinski definition) is 3. The number of aliphatic hydroxyl groups is 1. The molecule has 182 valence electrons. The first-order valence-electron chi connectivity index (χ1n) is 10.9. The highest BCUT2D eigenvalue weighted by Crippen LogP contribution is 2.31. The second kappa shape index (κ2) is 15.9. The number of nitrogens with two attached hydrogens (primary N) is 1. The summed E-state index contributed by atoms with van der Waals surface area (Å²) in [6.07, 6.45) is 4.93. The molecule has 0 aromatic heterocycles. The Hall–Kier alpha value is -0.760. The van der Waals surface area contributed by atoms with Crippen molar-refractivity contribution in [2.75, 3.05) is 27.4 Å². The molecular formula is C23H42Cl2N2O4. The standard InChI is InChI=1S/C23H40N2O4.2ClH/c1-16(2)18(7-10-20(26)23(24)25-19-8-9-19)14-17-6-11-21(28-4)22(15-17)29-13-5-12-27-3;;/h6,11,15-16,18-20,23,25-26H,5,7-10,12-14,24H2,1-4H3;2*1H/t18-,20-,23-;;/m0../s1. The van der Waals surface area contributed by atoms with E-state index in [2.05, 4.69) is 31.3 Å². The molecule has 0 amide bonds. The lowest BCUT2D eigenvalue weighted by Crippen LogP contribution is -2.48. The summed E-state index contributed by atoms with van der Waals surface area (Å²) >= 11 is 0. The highest BCUT2D eigenvalue weighted by atomic mass is 35.5. The number of nitrogens with one attached hydrogen (secondary N) is 1. The molecule has 1 fully saturated rings. The van der Waals surface area contributed by atoms with E-state index >= 15 is 0 Å². The molecule has 1 saturated carbocycles. The zero-order valence-electron chi connectivity index (χ0n) is 19.3. The summed E-state index contributed by atoms with van der Waals surface area (Å²) in [4.78, 5) is 0. The van der Waals surface area contributed by atoms with E-state index in [0.717, 1.165) is 30.8 Å². The molecule has 0 unspecified atom stereocenters. The van der Waals surface area contributed by atoms with Gasteiger partial charge >= 0.3 is 0 Å². The molecule has 3 atom stereocenters. The van der Waals surface area contributed by atoms with Gasteiger partial charge in [0.25, 0.3) is 0 Å². The molecule has 4 N–H and O–H groups in total. The molecule has 1 aliphatic carbocycles. The van der Waals surface area contributed by atoms with Crippen molar-refractivity contribution in [1.82, 2.24) is 5.32 Å². The van der Waals surface area contributed by atoms with E-state index in [1.165, 1.54) is 18.4 Å². The SMILES string of the molecule is COCCCOc1cc(C[C@H](CC[C@H](O)[C@@H](N)NC2CC2)C(C)C)ccc1OC.Cl.Cl. The van der Waals surface area contributed by atoms with Crippen molar-refractivity contribution in [3.63, 3.8) is 0 Å². The Kier molecular flexibility index (Phi) is 15.6. The number of aliphatic hydroxyl groups excluding tert-OH is 1. The van der Waals surface area contributed by atoms with Crippen LogP contribution in [0.1, 0.15) is 51.5 Å². The van der Waals surface area contributed by atoms with Crippen molar-refractivity contribution >= 4 is 24.8 Å². The second-order valence-corrected chi connectivity index (χ2v) is 8.50. The van der Waals surface area contributed by atoms with Crippen LogP contribution in [0.3, 0.4) is 0 Å². The van der Waals surface area contributed by atoms with Gasteiger partial charge in [0, 0.05) is 26.2 Å². The number of benzene rings is 1. The number of ether oxygens (including phenoxy) is 3. The van der Waals surface area contributed by atoms with Gasteiger partial charge in [-0.05, 0) is 61.6 Å². The van der Waals surface area contributed by atoms with Gasteiger partial charge in [-0.1, -0.05) is 19.9 Å². The third-order valence-corrected chi connectivity index (χ3v) is 5.67. The van der Waals surface area contributed by atoms with Gasteiger partial charge in [-0.3, -0.25) is 5.32 Å². The number of methoxy groups -OCH3 is 2. The minimum atomic E-state index is -0.507. The first-order chi connectivity index (χ1) is 13.9. The minimum Gasteiger partial charge on any atom is -0.493 e. The van der Waals surface area contributed by atoms with Gasteiger partial charge in [0.05, 0.1) is 26.0 Å². The second-order valence-electron chi connectivity index (χ2n) is 8.50. The van der Waals surface area contributed by atoms with E-state index in [1.54, 1.807) is 14.2 Å². The van der Waals surface area contributed by atoms with Gasteiger partial charge in [0.1, 0.15) is 0 Å². The Labute approximate surface area is 200 Å². The molecule has 31 heavy (non-hydrogen) atoms. The van der Waals surface area contributed by atoms with Crippen LogP contribution in [0.2, 0.25) is 0 Å². The van der Waals surface area contributed by atoms with Gasteiger partial charge in [-0.2, -0.15) is 0 Å². The molecule has 0 bridgehead atoms. The van der Waals surface area contributed by atoms with Crippen molar-refractivity contribution in [1.29, 1.82) is 0 Å². The van der Waals surface area contributed by atoms with Gasteiger partial charge in [-0.15, -0.1) is 24.8 Å². The smallest absolute Gasteiger partial charge is 0.161 e. The molecule has 1 aromatic rings. The van der Waals surface area contributed by atoms with Gasteiger partial charge < -0.3 is 25.1 Å². The molecule has 0 heterocycles. The lowest BCUT2D eigenvalue weighted by molar-refractivity contribution is 0.108. The van der Waals surface area contributed by atoms with Crippen LogP contribution in [0.5, 0.6) is 11.5 Å². The van der Waals surface area contributed by atoms with Crippen LogP contribution in [-0.4, -0.2) is 50.9 Å². The average molecular weight is 482 g/mol. The topological polar surface area (TPSA) is 86.0 Å². The highest BCUT2D eigenvalue weighted by Gasteiger charge is 2.27. The van der Waals surface area contributed by atoms with Crippen molar-refractivity contribution in [3.05, 3.63) is 23.8 Å². The van der Waals surface area contributed by atoms with Crippen molar-refractivity contribution in [3.8, 4) is 11.5 Å². The third kappa shape index (κ3) is 11.1. The first kappa shape index (κ1) is 30.2. The van der Waals surface area contributed by atoms with Crippen molar-refractivity contribution in [2.24, 2.45) is 17.6 Å². The van der Waals surface area contributed by atoms with Crippen molar-refractivity contribution in [2.45, 2.75) is 70.7 Å². The fourth-order valence-corrected chi connectivity index (χ4v) is 3.52. The molecular weight excluding hydrogens is 439 g/mol. The zero-order chi connectivity index (χ0) is 21.2. The van der Waals surface area contributed by atoms with Crippen molar-refractivity contribution < 1.29 is 19.3 Å². The summed E-state index contributed by atoms with van der Waals surface area (Å²) in [5.41, 5.74) is 7.32. The van der Waals surface area contributed by atoms with Crippen LogP contribution in [0.25, 0.3) is 0 Å². The Morgan fingerprint density at radius 1 is 1.10 bits per heavy atom. The van der Waals surface area contributed by atoms with E-state index in [1.807, 2.05) is 6.07 Å². The maximum absolute atomic E-state index is 10.4. The summed E-state index contributed by atoms with van der Waals surface area (Å²) in [5, 5.41) is 13.7. The van der Waals surface area contributed by atoms with Gasteiger partial charge in [0.2, 0.25) is 0 Å². The Balaban J connectivity index is 0.00000450. The fraction of sp³-hybridized carbons (Fsp3) is 0.739. The van der Waals surface area contributed by atoms with E-state index in [9.17, 15) is 5.11 Å². The molecule has 2 rings (SSSR count). The molecule has 1 aromatic carbocycles. The van der Waals surface area contributed by atoms with Crippen LogP contribution in [-0.2, 0) is 11.2 Å². The summed E-state index contributed by atoms with van der Waals surface area (Å²) < 4.78 is 16.4. The molecule has 0 radical (unpaired) electrons. The zero-order valence-corrected chi connectivity index (χ0v) is 21.0. The lowest BCUT2D eigenvalue weighted by atomic mass is 9.84. The predicted octanol–water partition coefficient (Wildman–Crippen LogP) is 3.95. The van der Waals surface area contributed by atoms with E-state index in [4.69, 9.17) is 19.9 Å². The van der Waals surface area contributed by atoms with E-state index < -0.39 is 6.10 Å². The maximum Gasteiger partial charge on any atom is 0.161 e.